The van der Waals surface area contributed by atoms with Crippen molar-refractivity contribution in [1.29, 1.82) is 0 Å². The number of fused-ring (bicyclic) bond motifs is 1. The average Bonchev–Trinajstić information content (AvgIpc) is 2.71. The molecule has 2 aromatic carbocycles. The maximum Gasteiger partial charge on any atom is 0.337 e. The Kier molecular flexibility index (Phi) is 5.96. The van der Waals surface area contributed by atoms with Crippen LogP contribution in [0.3, 0.4) is 0 Å². The van der Waals surface area contributed by atoms with Crippen LogP contribution in [0, 0.1) is 0 Å². The summed E-state index contributed by atoms with van der Waals surface area (Å²) < 4.78 is 15.5. The summed E-state index contributed by atoms with van der Waals surface area (Å²) in [6.45, 7) is -0.132. The number of esters is 1. The van der Waals surface area contributed by atoms with Crippen molar-refractivity contribution in [3.05, 3.63) is 59.2 Å². The Morgan fingerprint density at radius 2 is 1.93 bits per heavy atom. The second-order valence-electron chi connectivity index (χ2n) is 6.36. The zero-order chi connectivity index (χ0) is 19.2. The fourth-order valence-corrected chi connectivity index (χ4v) is 3.31. The minimum absolute atomic E-state index is 0.00893. The van der Waals surface area contributed by atoms with Crippen molar-refractivity contribution in [2.75, 3.05) is 20.8 Å². The van der Waals surface area contributed by atoms with E-state index in [1.807, 2.05) is 12.1 Å². The van der Waals surface area contributed by atoms with E-state index in [-0.39, 0.29) is 18.6 Å². The molecule has 1 atom stereocenters. The van der Waals surface area contributed by atoms with Crippen LogP contribution in [0.2, 0.25) is 0 Å². The number of rotatable bonds is 6. The van der Waals surface area contributed by atoms with Crippen LogP contribution in [0.4, 0.5) is 0 Å². The molecule has 0 radical (unpaired) electrons. The van der Waals surface area contributed by atoms with Gasteiger partial charge in [0.1, 0.15) is 0 Å². The van der Waals surface area contributed by atoms with Gasteiger partial charge < -0.3 is 19.5 Å². The summed E-state index contributed by atoms with van der Waals surface area (Å²) in [5, 5.41) is 3.04. The van der Waals surface area contributed by atoms with Gasteiger partial charge in [-0.2, -0.15) is 0 Å². The quantitative estimate of drug-likeness (QED) is 0.792. The van der Waals surface area contributed by atoms with E-state index in [4.69, 9.17) is 9.47 Å². The average molecular weight is 369 g/mol. The van der Waals surface area contributed by atoms with Crippen molar-refractivity contribution in [3.63, 3.8) is 0 Å². The first kappa shape index (κ1) is 18.8. The summed E-state index contributed by atoms with van der Waals surface area (Å²) in [5.41, 5.74) is 2.82. The number of nitrogens with one attached hydrogen (secondary N) is 1. The topological polar surface area (TPSA) is 73.9 Å². The number of methoxy groups -OCH3 is 2. The third kappa shape index (κ3) is 4.39. The van der Waals surface area contributed by atoms with Gasteiger partial charge in [0.15, 0.2) is 18.1 Å². The number of hydrogen-bond acceptors (Lipinski definition) is 5. The molecule has 1 aliphatic carbocycles. The lowest BCUT2D eigenvalue weighted by atomic mass is 9.88. The predicted octanol–water partition coefficient (Wildman–Crippen LogP) is 3.05. The normalized spacial score (nSPS) is 15.4. The summed E-state index contributed by atoms with van der Waals surface area (Å²) >= 11 is 0. The maximum atomic E-state index is 12.4. The largest absolute Gasteiger partial charge is 0.493 e. The second-order valence-corrected chi connectivity index (χ2v) is 6.36. The number of benzene rings is 2. The van der Waals surface area contributed by atoms with Crippen LogP contribution in [0.15, 0.2) is 42.5 Å². The molecular weight excluding hydrogens is 346 g/mol. The van der Waals surface area contributed by atoms with E-state index in [1.54, 1.807) is 12.1 Å². The molecule has 0 aliphatic heterocycles. The van der Waals surface area contributed by atoms with Crippen LogP contribution in [-0.2, 0) is 16.0 Å². The highest BCUT2D eigenvalue weighted by Crippen LogP contribution is 2.30. The van der Waals surface area contributed by atoms with Gasteiger partial charge in [0.25, 0.3) is 5.91 Å². The molecule has 0 heterocycles. The number of amides is 1. The van der Waals surface area contributed by atoms with Gasteiger partial charge in [-0.25, -0.2) is 4.79 Å². The standard InChI is InChI=1S/C21H23NO5/c1-25-19-12-15(21(24)26-2)10-11-18(19)27-13-20(23)22-17-9-5-7-14-6-3-4-8-16(14)17/h3-4,6,8,10-12,17H,5,7,9,13H2,1-2H3,(H,22,23). The molecule has 2 aromatic rings. The first-order valence-electron chi connectivity index (χ1n) is 8.88. The number of hydrogen-bond donors (Lipinski definition) is 1. The lowest BCUT2D eigenvalue weighted by molar-refractivity contribution is -0.124. The highest BCUT2D eigenvalue weighted by atomic mass is 16.5. The van der Waals surface area contributed by atoms with Gasteiger partial charge in [-0.15, -0.1) is 0 Å². The highest BCUT2D eigenvalue weighted by Gasteiger charge is 2.21. The molecule has 0 saturated carbocycles. The fourth-order valence-electron chi connectivity index (χ4n) is 3.31. The molecule has 0 bridgehead atoms. The Balaban J connectivity index is 1.62. The summed E-state index contributed by atoms with van der Waals surface area (Å²) in [6, 6.07) is 12.9. The molecule has 0 saturated heterocycles. The van der Waals surface area contributed by atoms with Crippen molar-refractivity contribution in [3.8, 4) is 11.5 Å². The SMILES string of the molecule is COC(=O)c1ccc(OCC(=O)NC2CCCc3ccccc32)c(OC)c1. The van der Waals surface area contributed by atoms with Crippen LogP contribution < -0.4 is 14.8 Å². The van der Waals surface area contributed by atoms with E-state index in [0.717, 1.165) is 19.3 Å². The first-order valence-corrected chi connectivity index (χ1v) is 8.88. The van der Waals surface area contributed by atoms with Gasteiger partial charge in [-0.1, -0.05) is 24.3 Å². The van der Waals surface area contributed by atoms with Crippen LogP contribution in [0.5, 0.6) is 11.5 Å². The van der Waals surface area contributed by atoms with Gasteiger partial charge in [-0.3, -0.25) is 4.79 Å². The molecule has 0 spiro atoms. The van der Waals surface area contributed by atoms with E-state index in [1.165, 1.54) is 31.4 Å². The predicted molar refractivity (Wildman–Crippen MR) is 100 cm³/mol. The van der Waals surface area contributed by atoms with Crippen LogP contribution in [0.25, 0.3) is 0 Å². The number of ether oxygens (including phenoxy) is 3. The Labute approximate surface area is 158 Å². The molecule has 27 heavy (non-hydrogen) atoms. The Hall–Kier alpha value is -3.02. The van der Waals surface area contributed by atoms with E-state index in [9.17, 15) is 9.59 Å². The van der Waals surface area contributed by atoms with Gasteiger partial charge in [0, 0.05) is 0 Å². The van der Waals surface area contributed by atoms with Crippen LogP contribution in [0.1, 0.15) is 40.4 Å². The van der Waals surface area contributed by atoms with Gasteiger partial charge in [0.2, 0.25) is 0 Å². The zero-order valence-corrected chi connectivity index (χ0v) is 15.5. The third-order valence-electron chi connectivity index (χ3n) is 4.65. The Morgan fingerprint density at radius 1 is 1.11 bits per heavy atom. The van der Waals surface area contributed by atoms with Gasteiger partial charge in [-0.05, 0) is 48.6 Å². The van der Waals surface area contributed by atoms with Crippen molar-refractivity contribution in [2.45, 2.75) is 25.3 Å². The van der Waals surface area contributed by atoms with E-state index >= 15 is 0 Å². The molecule has 1 unspecified atom stereocenters. The van der Waals surface area contributed by atoms with Crippen LogP contribution in [-0.4, -0.2) is 32.7 Å². The smallest absolute Gasteiger partial charge is 0.337 e. The molecule has 1 aliphatic rings. The van der Waals surface area contributed by atoms with Crippen molar-refractivity contribution < 1.29 is 23.8 Å². The summed E-state index contributed by atoms with van der Waals surface area (Å²) in [5.74, 6) is 0.0995. The van der Waals surface area contributed by atoms with Gasteiger partial charge in [0.05, 0.1) is 25.8 Å². The van der Waals surface area contributed by atoms with E-state index in [0.29, 0.717) is 17.1 Å². The lowest BCUT2D eigenvalue weighted by Gasteiger charge is -2.26. The third-order valence-corrected chi connectivity index (χ3v) is 4.65. The van der Waals surface area contributed by atoms with Crippen LogP contribution >= 0.6 is 0 Å². The molecule has 0 fully saturated rings. The molecule has 1 amide bonds. The molecule has 3 rings (SSSR count). The molecular formula is C21H23NO5. The molecule has 0 aromatic heterocycles. The summed E-state index contributed by atoms with van der Waals surface area (Å²) in [7, 11) is 2.79. The second kappa shape index (κ2) is 8.58. The minimum atomic E-state index is -0.464. The van der Waals surface area contributed by atoms with Crippen molar-refractivity contribution >= 4 is 11.9 Å². The van der Waals surface area contributed by atoms with Crippen molar-refractivity contribution in [1.82, 2.24) is 5.32 Å². The summed E-state index contributed by atoms with van der Waals surface area (Å²) in [6.07, 6.45) is 3.01. The number of carbonyl (C=O) groups is 2. The summed E-state index contributed by atoms with van der Waals surface area (Å²) in [4.78, 5) is 24.0. The van der Waals surface area contributed by atoms with Crippen molar-refractivity contribution in [2.24, 2.45) is 0 Å². The Bertz CT molecular complexity index is 833. The number of aryl methyl sites for hydroxylation is 1. The molecule has 6 heteroatoms. The first-order chi connectivity index (χ1) is 13.1. The molecule has 6 nitrogen and oxygen atoms in total. The van der Waals surface area contributed by atoms with E-state index in [2.05, 4.69) is 22.2 Å². The zero-order valence-electron chi connectivity index (χ0n) is 15.5. The highest BCUT2D eigenvalue weighted by molar-refractivity contribution is 5.90. The van der Waals surface area contributed by atoms with E-state index < -0.39 is 5.97 Å². The molecule has 1 N–H and O–H groups in total. The Morgan fingerprint density at radius 3 is 2.70 bits per heavy atom. The minimum Gasteiger partial charge on any atom is -0.493 e. The number of carbonyl (C=O) groups excluding carboxylic acids is 2. The lowest BCUT2D eigenvalue weighted by Crippen LogP contribution is -2.34. The maximum absolute atomic E-state index is 12.4. The van der Waals surface area contributed by atoms with Gasteiger partial charge >= 0.3 is 5.97 Å². The monoisotopic (exact) mass is 369 g/mol. The fraction of sp³-hybridized carbons (Fsp3) is 0.333. The molecule has 142 valence electrons.